The summed E-state index contributed by atoms with van der Waals surface area (Å²) in [4.78, 5) is 31.1. The van der Waals surface area contributed by atoms with E-state index in [4.69, 9.17) is 21.1 Å². The minimum absolute atomic E-state index is 0.0189. The zero-order chi connectivity index (χ0) is 37.7. The first kappa shape index (κ1) is 36.9. The van der Waals surface area contributed by atoms with Crippen LogP contribution in [-0.2, 0) is 25.2 Å². The van der Waals surface area contributed by atoms with Gasteiger partial charge in [-0.2, -0.15) is 0 Å². The summed E-state index contributed by atoms with van der Waals surface area (Å²) in [6.45, 7) is -0.292. The molecule has 1 saturated heterocycles. The summed E-state index contributed by atoms with van der Waals surface area (Å²) < 4.78 is 86.0. The maximum atomic E-state index is 15.6. The van der Waals surface area contributed by atoms with E-state index in [0.29, 0.717) is 9.87 Å². The molecule has 2 amide bonds. The molecular formula is C36H33ClF3N3O8S. The van der Waals surface area contributed by atoms with Gasteiger partial charge >= 0.3 is 6.36 Å². The predicted octanol–water partition coefficient (Wildman–Crippen LogP) is 5.43. The first-order valence-corrected chi connectivity index (χ1v) is 17.6. The van der Waals surface area contributed by atoms with Gasteiger partial charge in [0.25, 0.3) is 15.9 Å². The van der Waals surface area contributed by atoms with Crippen molar-refractivity contribution in [3.63, 3.8) is 0 Å². The van der Waals surface area contributed by atoms with Crippen molar-refractivity contribution in [2.45, 2.75) is 35.4 Å². The smallest absolute Gasteiger partial charge is 0.497 e. The Morgan fingerprint density at radius 3 is 2.27 bits per heavy atom. The topological polar surface area (TPSA) is 126 Å². The standard InChI is InChI=1S/C36H33ClF3N3O8S/c1-41(2)33(45)29-18-24(44)20-42(29)35(27-16-22(10-14-30(27)50-4)21-8-6-5-7-9-21)26-17-23(37)11-13-28(26)43(34(35)46)52(47,48)32-15-12-25(49-3)19-31(32)51-36(38,39)40/h5-17,19,24,29,44H,18,20H2,1-4H3/t24-,29+,35?/m1/s1. The van der Waals surface area contributed by atoms with Crippen LogP contribution in [-0.4, -0.2) is 88.5 Å². The number of carbonyl (C=O) groups excluding carboxylic acids is 2. The molecule has 274 valence electrons. The van der Waals surface area contributed by atoms with Crippen molar-refractivity contribution in [1.82, 2.24) is 9.80 Å². The second kappa shape index (κ2) is 13.6. The molecule has 2 aliphatic heterocycles. The summed E-state index contributed by atoms with van der Waals surface area (Å²) in [5, 5.41) is 11.2. The first-order valence-electron chi connectivity index (χ1n) is 15.8. The Hall–Kier alpha value is -4.83. The van der Waals surface area contributed by atoms with Crippen molar-refractivity contribution in [2.75, 3.05) is 39.2 Å². The van der Waals surface area contributed by atoms with E-state index in [1.807, 2.05) is 18.2 Å². The summed E-state index contributed by atoms with van der Waals surface area (Å²) >= 11 is 6.57. The minimum atomic E-state index is -5.32. The van der Waals surface area contributed by atoms with Crippen molar-refractivity contribution >= 4 is 39.1 Å². The number of hydrogen-bond donors (Lipinski definition) is 1. The zero-order valence-electron chi connectivity index (χ0n) is 28.2. The second-order valence-corrected chi connectivity index (χ2v) is 14.6. The van der Waals surface area contributed by atoms with E-state index < -0.39 is 56.5 Å². The SMILES string of the molecule is COc1ccc(S(=O)(=O)N2C(=O)C(c3cc(-c4ccccc4)ccc3OC)(N3C[C@H](O)C[C@H]3C(=O)N(C)C)c3cc(Cl)ccc32)c(OC(F)(F)F)c1. The fraction of sp³-hybridized carbons (Fsp3) is 0.278. The maximum Gasteiger partial charge on any atom is 0.573 e. The number of carbonyl (C=O) groups is 2. The lowest BCUT2D eigenvalue weighted by Crippen LogP contribution is -2.59. The number of methoxy groups -OCH3 is 2. The number of likely N-dealkylation sites (N-methyl/N-ethyl adjacent to an activating group) is 1. The Morgan fingerprint density at radius 2 is 1.63 bits per heavy atom. The van der Waals surface area contributed by atoms with E-state index in [1.165, 1.54) is 56.3 Å². The Kier molecular flexibility index (Phi) is 9.68. The van der Waals surface area contributed by atoms with Crippen molar-refractivity contribution < 1.29 is 50.5 Å². The van der Waals surface area contributed by atoms with E-state index in [1.54, 1.807) is 30.3 Å². The third-order valence-corrected chi connectivity index (χ3v) is 11.1. The average Bonchev–Trinajstić information content (AvgIpc) is 3.61. The van der Waals surface area contributed by atoms with Crippen LogP contribution in [0, 0.1) is 0 Å². The largest absolute Gasteiger partial charge is 0.573 e. The van der Waals surface area contributed by atoms with Gasteiger partial charge in [0.05, 0.1) is 32.1 Å². The van der Waals surface area contributed by atoms with Gasteiger partial charge in [-0.15, -0.1) is 13.2 Å². The molecule has 2 aliphatic rings. The predicted molar refractivity (Wildman–Crippen MR) is 185 cm³/mol. The van der Waals surface area contributed by atoms with Gasteiger partial charge in [0, 0.05) is 42.9 Å². The highest BCUT2D eigenvalue weighted by atomic mass is 35.5. The summed E-state index contributed by atoms with van der Waals surface area (Å²) in [5.41, 5.74) is -1.14. The van der Waals surface area contributed by atoms with Gasteiger partial charge in [0.1, 0.15) is 16.4 Å². The van der Waals surface area contributed by atoms with Crippen LogP contribution in [0.5, 0.6) is 17.2 Å². The highest BCUT2D eigenvalue weighted by molar-refractivity contribution is 7.93. The molecule has 1 fully saturated rings. The molecule has 11 nitrogen and oxygen atoms in total. The third kappa shape index (κ3) is 6.21. The van der Waals surface area contributed by atoms with Crippen LogP contribution in [0.3, 0.4) is 0 Å². The van der Waals surface area contributed by atoms with Gasteiger partial charge in [-0.1, -0.05) is 48.0 Å². The summed E-state index contributed by atoms with van der Waals surface area (Å²) in [5.74, 6) is -2.86. The number of alkyl halides is 3. The highest BCUT2D eigenvalue weighted by Gasteiger charge is 2.64. The quantitative estimate of drug-likeness (QED) is 0.238. The number of halogens is 4. The van der Waals surface area contributed by atoms with Crippen LogP contribution in [0.2, 0.25) is 5.02 Å². The van der Waals surface area contributed by atoms with Crippen LogP contribution in [0.4, 0.5) is 18.9 Å². The number of nitrogens with zero attached hydrogens (tertiary/aromatic N) is 3. The molecule has 0 aliphatic carbocycles. The molecule has 0 bridgehead atoms. The fourth-order valence-corrected chi connectivity index (χ4v) is 8.66. The molecule has 16 heteroatoms. The maximum absolute atomic E-state index is 15.6. The van der Waals surface area contributed by atoms with E-state index >= 15 is 4.79 Å². The lowest BCUT2D eigenvalue weighted by molar-refractivity contribution is -0.275. The fourth-order valence-electron chi connectivity index (χ4n) is 6.93. The second-order valence-electron chi connectivity index (χ2n) is 12.4. The molecule has 0 radical (unpaired) electrons. The van der Waals surface area contributed by atoms with Crippen LogP contribution < -0.4 is 18.5 Å². The number of rotatable bonds is 9. The Balaban J connectivity index is 1.71. The molecule has 1 unspecified atom stereocenters. The molecule has 52 heavy (non-hydrogen) atoms. The van der Waals surface area contributed by atoms with Crippen molar-refractivity contribution in [2.24, 2.45) is 0 Å². The lowest BCUT2D eigenvalue weighted by atomic mass is 9.79. The number of aliphatic hydroxyl groups excluding tert-OH is 1. The molecule has 2 heterocycles. The normalized spacial score (nSPS) is 20.5. The number of amides is 2. The van der Waals surface area contributed by atoms with Crippen LogP contribution in [0.15, 0.2) is 89.8 Å². The number of fused-ring (bicyclic) bond motifs is 1. The van der Waals surface area contributed by atoms with Gasteiger partial charge in [-0.3, -0.25) is 14.5 Å². The average molecular weight is 760 g/mol. The number of benzene rings is 4. The van der Waals surface area contributed by atoms with Crippen LogP contribution in [0.25, 0.3) is 11.1 Å². The van der Waals surface area contributed by atoms with Crippen molar-refractivity contribution in [1.29, 1.82) is 0 Å². The molecule has 1 N–H and O–H groups in total. The Bertz CT molecular complexity index is 2150. The summed E-state index contributed by atoms with van der Waals surface area (Å²) in [6, 6.07) is 19.5. The molecule has 4 aromatic carbocycles. The molecule has 0 aromatic heterocycles. The molecule has 0 spiro atoms. The monoisotopic (exact) mass is 759 g/mol. The summed E-state index contributed by atoms with van der Waals surface area (Å²) in [6.07, 6.45) is -6.60. The third-order valence-electron chi connectivity index (χ3n) is 9.09. The molecular weight excluding hydrogens is 727 g/mol. The number of likely N-dealkylation sites (tertiary alicyclic amines) is 1. The Labute approximate surface area is 302 Å². The summed E-state index contributed by atoms with van der Waals surface area (Å²) in [7, 11) is 0.252. The Morgan fingerprint density at radius 1 is 0.923 bits per heavy atom. The minimum Gasteiger partial charge on any atom is -0.497 e. The first-order chi connectivity index (χ1) is 24.5. The van der Waals surface area contributed by atoms with E-state index in [2.05, 4.69) is 4.74 Å². The molecule has 4 aromatic rings. The number of β-amino-alcohol motifs (C(OH)–C–C–N with tert-alkyl or cyclic N) is 1. The molecule has 3 atom stereocenters. The highest BCUT2D eigenvalue weighted by Crippen LogP contribution is 2.56. The molecule has 0 saturated carbocycles. The van der Waals surface area contributed by atoms with Gasteiger partial charge < -0.3 is 24.2 Å². The number of sulfonamides is 1. The van der Waals surface area contributed by atoms with Crippen molar-refractivity contribution in [3.05, 3.63) is 101 Å². The van der Waals surface area contributed by atoms with Gasteiger partial charge in [-0.25, -0.2) is 12.7 Å². The van der Waals surface area contributed by atoms with Gasteiger partial charge in [0.2, 0.25) is 5.91 Å². The number of ether oxygens (including phenoxy) is 3. The number of anilines is 1. The van der Waals surface area contributed by atoms with E-state index in [0.717, 1.165) is 23.8 Å². The lowest BCUT2D eigenvalue weighted by Gasteiger charge is -2.42. The number of hydrogen-bond acceptors (Lipinski definition) is 9. The van der Waals surface area contributed by atoms with Gasteiger partial charge in [-0.05, 0) is 60.0 Å². The molecule has 6 rings (SSSR count). The van der Waals surface area contributed by atoms with Gasteiger partial charge in [0.15, 0.2) is 11.3 Å². The van der Waals surface area contributed by atoms with E-state index in [9.17, 15) is 31.5 Å². The zero-order valence-corrected chi connectivity index (χ0v) is 29.8. The number of aliphatic hydroxyl groups is 1. The van der Waals surface area contributed by atoms with Crippen molar-refractivity contribution in [3.8, 4) is 28.4 Å². The van der Waals surface area contributed by atoms with E-state index in [-0.39, 0.29) is 46.3 Å². The van der Waals surface area contributed by atoms with Crippen LogP contribution >= 0.6 is 11.6 Å². The van der Waals surface area contributed by atoms with Crippen LogP contribution in [0.1, 0.15) is 17.5 Å².